The lowest BCUT2D eigenvalue weighted by Crippen LogP contribution is -1.88. The number of benzene rings is 1. The first kappa shape index (κ1) is 14.1. The van der Waals surface area contributed by atoms with Crippen molar-refractivity contribution < 1.29 is 4.79 Å². The summed E-state index contributed by atoms with van der Waals surface area (Å²) in [5.74, 6) is 0. The topological polar surface area (TPSA) is 73.0 Å². The van der Waals surface area contributed by atoms with Crippen LogP contribution < -0.4 is 0 Å². The number of rotatable bonds is 1. The van der Waals surface area contributed by atoms with Gasteiger partial charge in [0.1, 0.15) is 6.33 Å². The van der Waals surface area contributed by atoms with E-state index in [9.17, 15) is 4.79 Å². The maximum Gasteiger partial charge on any atom is 0.253 e. The Morgan fingerprint density at radius 2 is 1.95 bits per heavy atom. The van der Waals surface area contributed by atoms with Crippen LogP contribution in [0, 0.1) is 0 Å². The normalized spacial score (nSPS) is 10.2. The van der Waals surface area contributed by atoms with Gasteiger partial charge in [-0.05, 0) is 35.9 Å². The minimum absolute atomic E-state index is 0.430. The third-order valence-electron chi connectivity index (χ3n) is 2.92. The molecule has 3 heterocycles. The van der Waals surface area contributed by atoms with Crippen LogP contribution in [0.5, 0.6) is 0 Å². The van der Waals surface area contributed by atoms with E-state index < -0.39 is 5.24 Å². The average Bonchev–Trinajstić information content (AvgIpc) is 3.05. The molecular formula is C15H10ClN5O. The molecule has 0 aliphatic rings. The molecule has 0 aliphatic carbocycles. The summed E-state index contributed by atoms with van der Waals surface area (Å²) in [6, 6.07) is 11.2. The van der Waals surface area contributed by atoms with E-state index in [0.29, 0.717) is 5.56 Å². The summed E-state index contributed by atoms with van der Waals surface area (Å²) in [6.45, 7) is 0. The van der Waals surface area contributed by atoms with E-state index in [4.69, 9.17) is 11.6 Å². The molecule has 3 aromatic heterocycles. The van der Waals surface area contributed by atoms with Gasteiger partial charge in [-0.2, -0.15) is 0 Å². The summed E-state index contributed by atoms with van der Waals surface area (Å²) in [7, 11) is 0. The zero-order chi connectivity index (χ0) is 15.4. The fourth-order valence-electron chi connectivity index (χ4n) is 1.90. The number of hydrogen-bond acceptors (Lipinski definition) is 5. The minimum atomic E-state index is -0.469. The first-order valence-electron chi connectivity index (χ1n) is 6.39. The number of para-hydroxylation sites is 2. The van der Waals surface area contributed by atoms with Crippen molar-refractivity contribution >= 4 is 33.5 Å². The number of halogens is 1. The van der Waals surface area contributed by atoms with Gasteiger partial charge in [-0.1, -0.05) is 12.1 Å². The summed E-state index contributed by atoms with van der Waals surface area (Å²) >= 11 is 5.12. The predicted molar refractivity (Wildman–Crippen MR) is 82.7 cm³/mol. The summed E-state index contributed by atoms with van der Waals surface area (Å²) in [5.41, 5.74) is 3.19. The molecule has 0 spiro atoms. The highest BCUT2D eigenvalue weighted by Gasteiger charge is 2.00. The second-order valence-electron chi connectivity index (χ2n) is 4.32. The van der Waals surface area contributed by atoms with Crippen LogP contribution in [0.3, 0.4) is 0 Å². The Hall–Kier alpha value is -2.86. The zero-order valence-corrected chi connectivity index (χ0v) is 12.1. The van der Waals surface area contributed by atoms with Crippen molar-refractivity contribution in [1.29, 1.82) is 0 Å². The number of fused-ring (bicyclic) bond motifs is 3. The molecule has 22 heavy (non-hydrogen) atoms. The molecule has 108 valence electrons. The van der Waals surface area contributed by atoms with Crippen LogP contribution in [0.25, 0.3) is 16.7 Å². The Bertz CT molecular complexity index is 923. The molecule has 0 atom stereocenters. The third kappa shape index (κ3) is 2.91. The molecule has 7 heteroatoms. The van der Waals surface area contributed by atoms with Crippen molar-refractivity contribution in [3.8, 4) is 0 Å². The Balaban J connectivity index is 0.000000142. The fourth-order valence-corrected chi connectivity index (χ4v) is 2.01. The van der Waals surface area contributed by atoms with Crippen LogP contribution in [-0.4, -0.2) is 29.8 Å². The number of pyridine rings is 1. The minimum Gasteiger partial charge on any atom is -0.279 e. The first-order valence-corrected chi connectivity index (χ1v) is 6.77. The van der Waals surface area contributed by atoms with E-state index in [-0.39, 0.29) is 0 Å². The molecule has 0 bridgehead atoms. The second-order valence-corrected chi connectivity index (χ2v) is 4.66. The molecule has 0 amide bonds. The van der Waals surface area contributed by atoms with Crippen LogP contribution in [0.15, 0.2) is 61.3 Å². The van der Waals surface area contributed by atoms with Crippen molar-refractivity contribution in [3.63, 3.8) is 0 Å². The highest BCUT2D eigenvalue weighted by Crippen LogP contribution is 2.11. The third-order valence-corrected chi connectivity index (χ3v) is 3.14. The predicted octanol–water partition coefficient (Wildman–Crippen LogP) is 2.74. The van der Waals surface area contributed by atoms with E-state index in [1.807, 2.05) is 28.7 Å². The Morgan fingerprint density at radius 3 is 2.68 bits per heavy atom. The summed E-state index contributed by atoms with van der Waals surface area (Å²) in [6.07, 6.45) is 6.42. The van der Waals surface area contributed by atoms with Gasteiger partial charge in [0.05, 0.1) is 22.8 Å². The quantitative estimate of drug-likeness (QED) is 0.505. The summed E-state index contributed by atoms with van der Waals surface area (Å²) < 4.78 is 1.92. The standard InChI is InChI=1S/C9H6N4.C6H4ClNO/c1-2-4-8-7(3-1)10-5-9-12-11-6-13(8)9;7-6(9)5-2-1-3-8-4-5/h1-6H;1-4H. The Morgan fingerprint density at radius 1 is 1.09 bits per heavy atom. The monoisotopic (exact) mass is 311 g/mol. The number of nitrogens with zero attached hydrogens (tertiary/aromatic N) is 5. The Labute approximate surface area is 130 Å². The lowest BCUT2D eigenvalue weighted by atomic mass is 10.3. The van der Waals surface area contributed by atoms with Crippen LogP contribution in [0.4, 0.5) is 0 Å². The van der Waals surface area contributed by atoms with Gasteiger partial charge in [-0.3, -0.25) is 19.2 Å². The average molecular weight is 312 g/mol. The molecule has 0 saturated heterocycles. The highest BCUT2D eigenvalue weighted by atomic mass is 35.5. The van der Waals surface area contributed by atoms with Gasteiger partial charge in [0.15, 0.2) is 5.65 Å². The van der Waals surface area contributed by atoms with E-state index in [0.717, 1.165) is 16.7 Å². The van der Waals surface area contributed by atoms with E-state index in [1.54, 1.807) is 30.9 Å². The van der Waals surface area contributed by atoms with Gasteiger partial charge in [-0.15, -0.1) is 10.2 Å². The van der Waals surface area contributed by atoms with Crippen molar-refractivity contribution in [3.05, 3.63) is 66.9 Å². The maximum absolute atomic E-state index is 10.4. The number of aromatic nitrogens is 5. The van der Waals surface area contributed by atoms with Gasteiger partial charge >= 0.3 is 0 Å². The molecule has 4 rings (SSSR count). The largest absolute Gasteiger partial charge is 0.279 e. The number of hydrogen-bond donors (Lipinski definition) is 0. The van der Waals surface area contributed by atoms with E-state index >= 15 is 0 Å². The van der Waals surface area contributed by atoms with Crippen molar-refractivity contribution in [1.82, 2.24) is 24.6 Å². The first-order chi connectivity index (χ1) is 10.8. The van der Waals surface area contributed by atoms with E-state index in [1.165, 1.54) is 6.20 Å². The molecule has 4 aromatic rings. The number of carbonyl (C=O) groups excluding carboxylic acids is 1. The van der Waals surface area contributed by atoms with Crippen molar-refractivity contribution in [2.75, 3.05) is 0 Å². The zero-order valence-electron chi connectivity index (χ0n) is 11.3. The van der Waals surface area contributed by atoms with Crippen LogP contribution >= 0.6 is 11.6 Å². The Kier molecular flexibility index (Phi) is 4.02. The molecule has 0 radical (unpaired) electrons. The molecule has 0 saturated carbocycles. The lowest BCUT2D eigenvalue weighted by molar-refractivity contribution is 0.108. The van der Waals surface area contributed by atoms with Crippen LogP contribution in [-0.2, 0) is 0 Å². The van der Waals surface area contributed by atoms with E-state index in [2.05, 4.69) is 20.2 Å². The molecule has 0 unspecified atom stereocenters. The molecule has 0 N–H and O–H groups in total. The smallest absolute Gasteiger partial charge is 0.253 e. The highest BCUT2D eigenvalue weighted by molar-refractivity contribution is 6.67. The lowest BCUT2D eigenvalue weighted by Gasteiger charge is -1.97. The van der Waals surface area contributed by atoms with Gasteiger partial charge in [-0.25, -0.2) is 0 Å². The van der Waals surface area contributed by atoms with Gasteiger partial charge in [0.2, 0.25) is 0 Å². The summed E-state index contributed by atoms with van der Waals surface area (Å²) in [4.78, 5) is 18.3. The van der Waals surface area contributed by atoms with Gasteiger partial charge in [0, 0.05) is 12.4 Å². The SMILES string of the molecule is O=C(Cl)c1cccnc1.c1ccc2c(c1)ncc1nncn12. The molecule has 6 nitrogen and oxygen atoms in total. The van der Waals surface area contributed by atoms with Crippen molar-refractivity contribution in [2.24, 2.45) is 0 Å². The van der Waals surface area contributed by atoms with Crippen LogP contribution in [0.2, 0.25) is 0 Å². The van der Waals surface area contributed by atoms with Crippen molar-refractivity contribution in [2.45, 2.75) is 0 Å². The molecular weight excluding hydrogens is 302 g/mol. The maximum atomic E-state index is 10.4. The van der Waals surface area contributed by atoms with Gasteiger partial charge < -0.3 is 0 Å². The number of carbonyl (C=O) groups is 1. The van der Waals surface area contributed by atoms with Crippen LogP contribution in [0.1, 0.15) is 10.4 Å². The second kappa shape index (κ2) is 6.28. The molecule has 0 aliphatic heterocycles. The molecule has 1 aromatic carbocycles. The van der Waals surface area contributed by atoms with Gasteiger partial charge in [0.25, 0.3) is 5.24 Å². The fraction of sp³-hybridized carbons (Fsp3) is 0. The summed E-state index contributed by atoms with van der Waals surface area (Å²) in [5, 5.41) is 7.27. The molecule has 0 fully saturated rings.